The van der Waals surface area contributed by atoms with Crippen LogP contribution in [0.15, 0.2) is 53.4 Å². The Kier molecular flexibility index (Phi) is 5.75. The molecule has 0 aliphatic heterocycles. The van der Waals surface area contributed by atoms with Gasteiger partial charge in [-0.1, -0.05) is 42.0 Å². The molecule has 0 aliphatic rings. The minimum Gasteiger partial charge on any atom is -0.350 e. The fraction of sp³-hybridized carbons (Fsp3) is 0.278. The minimum atomic E-state index is -3.70. The van der Waals surface area contributed by atoms with Crippen molar-refractivity contribution in [1.29, 1.82) is 0 Å². The summed E-state index contributed by atoms with van der Waals surface area (Å²) in [5.74, 6) is -0.0430. The predicted molar refractivity (Wildman–Crippen MR) is 93.9 cm³/mol. The van der Waals surface area contributed by atoms with Crippen LogP contribution in [0.1, 0.15) is 36.1 Å². The number of primary sulfonamides is 1. The van der Waals surface area contributed by atoms with Gasteiger partial charge in [0.15, 0.2) is 0 Å². The number of amides is 1. The monoisotopic (exact) mass is 346 g/mol. The molecule has 1 atom stereocenters. The van der Waals surface area contributed by atoms with E-state index in [0.717, 1.165) is 11.1 Å². The molecule has 0 saturated heterocycles. The number of carbonyl (C=O) groups excluding carboxylic acids is 1. The number of hydrogen-bond donors (Lipinski definition) is 2. The van der Waals surface area contributed by atoms with Gasteiger partial charge in [-0.25, -0.2) is 13.6 Å². The van der Waals surface area contributed by atoms with E-state index < -0.39 is 10.0 Å². The number of sulfonamides is 1. The molecule has 0 spiro atoms. The van der Waals surface area contributed by atoms with E-state index in [4.69, 9.17) is 5.14 Å². The molecule has 0 aromatic heterocycles. The number of nitrogens with two attached hydrogens (primary N) is 1. The summed E-state index contributed by atoms with van der Waals surface area (Å²) in [6.07, 6.45) is 1.09. The first kappa shape index (κ1) is 18.2. The highest BCUT2D eigenvalue weighted by molar-refractivity contribution is 7.89. The Balaban J connectivity index is 1.90. The lowest BCUT2D eigenvalue weighted by atomic mass is 10.1. The smallest absolute Gasteiger partial charge is 0.238 e. The second-order valence-corrected chi connectivity index (χ2v) is 7.45. The molecule has 0 radical (unpaired) electrons. The maximum absolute atomic E-state index is 12.1. The fourth-order valence-corrected chi connectivity index (χ4v) is 2.87. The van der Waals surface area contributed by atoms with Crippen molar-refractivity contribution in [2.75, 3.05) is 0 Å². The fourth-order valence-electron chi connectivity index (χ4n) is 2.36. The summed E-state index contributed by atoms with van der Waals surface area (Å²) in [5, 5.41) is 7.99. The molecule has 128 valence electrons. The Morgan fingerprint density at radius 1 is 1.08 bits per heavy atom. The molecule has 0 fully saturated rings. The summed E-state index contributed by atoms with van der Waals surface area (Å²) in [6.45, 7) is 3.88. The minimum absolute atomic E-state index is 0.0430. The quantitative estimate of drug-likeness (QED) is 0.842. The average Bonchev–Trinajstić information content (AvgIpc) is 2.53. The van der Waals surface area contributed by atoms with E-state index in [0.29, 0.717) is 12.8 Å². The molecular weight excluding hydrogens is 324 g/mol. The first-order valence-electron chi connectivity index (χ1n) is 7.73. The van der Waals surface area contributed by atoms with Crippen molar-refractivity contribution in [3.05, 3.63) is 65.2 Å². The molecule has 0 unspecified atom stereocenters. The molecule has 0 bridgehead atoms. The molecule has 24 heavy (non-hydrogen) atoms. The lowest BCUT2D eigenvalue weighted by Gasteiger charge is -2.15. The number of rotatable bonds is 6. The van der Waals surface area contributed by atoms with Gasteiger partial charge in [0.05, 0.1) is 10.9 Å². The van der Waals surface area contributed by atoms with Gasteiger partial charge in [0.2, 0.25) is 15.9 Å². The van der Waals surface area contributed by atoms with Crippen molar-refractivity contribution in [3.63, 3.8) is 0 Å². The van der Waals surface area contributed by atoms with Gasteiger partial charge in [-0.2, -0.15) is 0 Å². The van der Waals surface area contributed by atoms with Crippen LogP contribution in [0.3, 0.4) is 0 Å². The Morgan fingerprint density at radius 3 is 2.21 bits per heavy atom. The van der Waals surface area contributed by atoms with E-state index in [1.807, 2.05) is 38.1 Å². The third-order valence-corrected chi connectivity index (χ3v) is 4.78. The number of hydrogen-bond acceptors (Lipinski definition) is 3. The van der Waals surface area contributed by atoms with Crippen LogP contribution < -0.4 is 10.5 Å². The number of benzene rings is 2. The van der Waals surface area contributed by atoms with Crippen LogP contribution in [-0.4, -0.2) is 14.3 Å². The van der Waals surface area contributed by atoms with Crippen molar-refractivity contribution in [2.24, 2.45) is 5.14 Å². The van der Waals surface area contributed by atoms with Crippen LogP contribution in [0, 0.1) is 6.92 Å². The van der Waals surface area contributed by atoms with Crippen molar-refractivity contribution >= 4 is 15.9 Å². The van der Waals surface area contributed by atoms with Crippen LogP contribution >= 0.6 is 0 Å². The molecule has 2 aromatic carbocycles. The van der Waals surface area contributed by atoms with Crippen LogP contribution in [-0.2, 0) is 21.2 Å². The van der Waals surface area contributed by atoms with E-state index in [-0.39, 0.29) is 16.8 Å². The first-order chi connectivity index (χ1) is 11.3. The number of aryl methyl sites for hydroxylation is 2. The van der Waals surface area contributed by atoms with Crippen molar-refractivity contribution in [1.82, 2.24) is 5.32 Å². The summed E-state index contributed by atoms with van der Waals surface area (Å²) in [4.78, 5) is 12.1. The predicted octanol–water partition coefficient (Wildman–Crippen LogP) is 2.45. The van der Waals surface area contributed by atoms with E-state index in [1.54, 1.807) is 12.1 Å². The van der Waals surface area contributed by atoms with Gasteiger partial charge in [-0.05, 0) is 43.5 Å². The molecule has 1 amide bonds. The number of nitrogens with one attached hydrogen (secondary N) is 1. The van der Waals surface area contributed by atoms with Gasteiger partial charge in [-0.3, -0.25) is 4.79 Å². The van der Waals surface area contributed by atoms with E-state index in [9.17, 15) is 13.2 Å². The van der Waals surface area contributed by atoms with Gasteiger partial charge in [-0.15, -0.1) is 0 Å². The SMILES string of the molecule is Cc1ccc(CCC(=O)N[C@@H](C)c2ccc(S(N)(=O)=O)cc2)cc1. The van der Waals surface area contributed by atoms with Gasteiger partial charge >= 0.3 is 0 Å². The zero-order valence-corrected chi connectivity index (χ0v) is 14.6. The summed E-state index contributed by atoms with van der Waals surface area (Å²) in [5.41, 5.74) is 3.15. The maximum Gasteiger partial charge on any atom is 0.238 e. The molecule has 3 N–H and O–H groups in total. The van der Waals surface area contributed by atoms with Crippen LogP contribution in [0.2, 0.25) is 0 Å². The highest BCUT2D eigenvalue weighted by atomic mass is 32.2. The summed E-state index contributed by atoms with van der Waals surface area (Å²) >= 11 is 0. The van der Waals surface area contributed by atoms with Crippen LogP contribution in [0.4, 0.5) is 0 Å². The summed E-state index contributed by atoms with van der Waals surface area (Å²) in [6, 6.07) is 14.1. The van der Waals surface area contributed by atoms with Crippen LogP contribution in [0.25, 0.3) is 0 Å². The molecule has 2 aromatic rings. The Bertz CT molecular complexity index is 797. The van der Waals surface area contributed by atoms with Gasteiger partial charge in [0, 0.05) is 6.42 Å². The van der Waals surface area contributed by atoms with E-state index in [1.165, 1.54) is 17.7 Å². The van der Waals surface area contributed by atoms with Crippen molar-refractivity contribution < 1.29 is 13.2 Å². The molecule has 0 heterocycles. The van der Waals surface area contributed by atoms with E-state index in [2.05, 4.69) is 5.32 Å². The zero-order chi connectivity index (χ0) is 17.7. The molecule has 0 aliphatic carbocycles. The van der Waals surface area contributed by atoms with Crippen molar-refractivity contribution in [2.45, 2.75) is 37.6 Å². The second-order valence-electron chi connectivity index (χ2n) is 5.89. The van der Waals surface area contributed by atoms with Crippen LogP contribution in [0.5, 0.6) is 0 Å². The zero-order valence-electron chi connectivity index (χ0n) is 13.8. The van der Waals surface area contributed by atoms with E-state index >= 15 is 0 Å². The Hall–Kier alpha value is -2.18. The molecule has 5 nitrogen and oxygen atoms in total. The average molecular weight is 346 g/mol. The number of carbonyl (C=O) groups is 1. The lowest BCUT2D eigenvalue weighted by molar-refractivity contribution is -0.121. The third kappa shape index (κ3) is 5.18. The summed E-state index contributed by atoms with van der Waals surface area (Å²) < 4.78 is 22.5. The molecule has 2 rings (SSSR count). The lowest BCUT2D eigenvalue weighted by Crippen LogP contribution is -2.26. The topological polar surface area (TPSA) is 89.3 Å². The highest BCUT2D eigenvalue weighted by Gasteiger charge is 2.12. The summed E-state index contributed by atoms with van der Waals surface area (Å²) in [7, 11) is -3.70. The standard InChI is InChI=1S/C18H22N2O3S/c1-13-3-5-15(6-4-13)7-12-18(21)20-14(2)16-8-10-17(11-9-16)24(19,22)23/h3-6,8-11,14H,7,12H2,1-2H3,(H,20,21)(H2,19,22,23)/t14-/m0/s1. The molecule has 6 heteroatoms. The normalized spacial score (nSPS) is 12.6. The molecular formula is C18H22N2O3S. The van der Waals surface area contributed by atoms with Crippen molar-refractivity contribution in [3.8, 4) is 0 Å². The third-order valence-electron chi connectivity index (χ3n) is 3.85. The second kappa shape index (κ2) is 7.59. The Morgan fingerprint density at radius 2 is 1.67 bits per heavy atom. The van der Waals surface area contributed by atoms with Gasteiger partial charge in [0.1, 0.15) is 0 Å². The largest absolute Gasteiger partial charge is 0.350 e. The first-order valence-corrected chi connectivity index (χ1v) is 9.28. The van der Waals surface area contributed by atoms with Gasteiger partial charge in [0.25, 0.3) is 0 Å². The maximum atomic E-state index is 12.1. The Labute approximate surface area is 142 Å². The van der Waals surface area contributed by atoms with Gasteiger partial charge < -0.3 is 5.32 Å². The molecule has 0 saturated carbocycles. The highest BCUT2D eigenvalue weighted by Crippen LogP contribution is 2.16.